The molecule has 0 unspecified atom stereocenters. The highest BCUT2D eigenvalue weighted by Crippen LogP contribution is 2.26. The normalized spacial score (nSPS) is 10.3. The molecular weight excluding hydrogens is 252 g/mol. The van der Waals surface area contributed by atoms with E-state index in [-0.39, 0.29) is 0 Å². The van der Waals surface area contributed by atoms with E-state index in [9.17, 15) is 4.79 Å². The van der Waals surface area contributed by atoms with E-state index in [1.165, 1.54) is 0 Å². The Morgan fingerprint density at radius 3 is 2.40 bits per heavy atom. The fourth-order valence-corrected chi connectivity index (χ4v) is 2.07. The molecule has 20 heavy (non-hydrogen) atoms. The van der Waals surface area contributed by atoms with Crippen molar-refractivity contribution < 1.29 is 14.6 Å². The van der Waals surface area contributed by atoms with Crippen molar-refractivity contribution in [1.29, 1.82) is 0 Å². The molecule has 0 fully saturated rings. The SMILES string of the molecule is CCCOc1ccc(-c2ccc(C(=O)O)cc2C)cc1. The molecule has 3 nitrogen and oxygen atoms in total. The lowest BCUT2D eigenvalue weighted by Crippen LogP contribution is -1.97. The van der Waals surface area contributed by atoms with Crippen molar-refractivity contribution in [3.63, 3.8) is 0 Å². The Morgan fingerprint density at radius 1 is 1.15 bits per heavy atom. The highest BCUT2D eigenvalue weighted by atomic mass is 16.5. The van der Waals surface area contributed by atoms with Gasteiger partial charge >= 0.3 is 5.97 Å². The highest BCUT2D eigenvalue weighted by Gasteiger charge is 2.07. The quantitative estimate of drug-likeness (QED) is 0.887. The van der Waals surface area contributed by atoms with Crippen LogP contribution in [0.1, 0.15) is 29.3 Å². The maximum atomic E-state index is 10.9. The van der Waals surface area contributed by atoms with Gasteiger partial charge in [-0.2, -0.15) is 0 Å². The van der Waals surface area contributed by atoms with Crippen molar-refractivity contribution in [3.05, 3.63) is 53.6 Å². The van der Waals surface area contributed by atoms with Crippen molar-refractivity contribution in [2.75, 3.05) is 6.61 Å². The number of aryl methyl sites for hydroxylation is 1. The average Bonchev–Trinajstić information content (AvgIpc) is 2.45. The average molecular weight is 270 g/mol. The van der Waals surface area contributed by atoms with Crippen LogP contribution in [0.3, 0.4) is 0 Å². The number of hydrogen-bond donors (Lipinski definition) is 1. The van der Waals surface area contributed by atoms with Crippen LogP contribution in [0.5, 0.6) is 5.75 Å². The Labute approximate surface area is 118 Å². The molecule has 0 spiro atoms. The second-order valence-electron chi connectivity index (χ2n) is 4.71. The molecule has 0 saturated carbocycles. The van der Waals surface area contributed by atoms with E-state index < -0.39 is 5.97 Å². The summed E-state index contributed by atoms with van der Waals surface area (Å²) in [7, 11) is 0. The van der Waals surface area contributed by atoms with Crippen LogP contribution in [0.2, 0.25) is 0 Å². The van der Waals surface area contributed by atoms with Crippen LogP contribution in [0, 0.1) is 6.92 Å². The Kier molecular flexibility index (Phi) is 4.41. The molecule has 0 amide bonds. The maximum Gasteiger partial charge on any atom is 0.335 e. The van der Waals surface area contributed by atoms with Crippen LogP contribution in [-0.2, 0) is 0 Å². The third-order valence-electron chi connectivity index (χ3n) is 3.11. The molecule has 2 aromatic rings. The molecule has 0 aliphatic heterocycles. The lowest BCUT2D eigenvalue weighted by molar-refractivity contribution is 0.0697. The second-order valence-corrected chi connectivity index (χ2v) is 4.71. The molecule has 2 rings (SSSR count). The fourth-order valence-electron chi connectivity index (χ4n) is 2.07. The van der Waals surface area contributed by atoms with Crippen LogP contribution < -0.4 is 4.74 Å². The summed E-state index contributed by atoms with van der Waals surface area (Å²) in [5.74, 6) is -0.0432. The van der Waals surface area contributed by atoms with Crippen molar-refractivity contribution in [2.24, 2.45) is 0 Å². The molecule has 104 valence electrons. The molecule has 2 aromatic carbocycles. The fraction of sp³-hybridized carbons (Fsp3) is 0.235. The summed E-state index contributed by atoms with van der Waals surface area (Å²) in [5.41, 5.74) is 3.36. The number of carboxylic acids is 1. The summed E-state index contributed by atoms with van der Waals surface area (Å²) >= 11 is 0. The highest BCUT2D eigenvalue weighted by molar-refractivity contribution is 5.89. The number of rotatable bonds is 5. The zero-order valence-electron chi connectivity index (χ0n) is 11.7. The molecule has 0 aliphatic carbocycles. The first-order chi connectivity index (χ1) is 9.61. The second kappa shape index (κ2) is 6.24. The summed E-state index contributed by atoms with van der Waals surface area (Å²) in [6, 6.07) is 13.0. The Hall–Kier alpha value is -2.29. The van der Waals surface area contributed by atoms with Crippen molar-refractivity contribution in [2.45, 2.75) is 20.3 Å². The third-order valence-corrected chi connectivity index (χ3v) is 3.11. The van der Waals surface area contributed by atoms with Gasteiger partial charge in [0.25, 0.3) is 0 Å². The van der Waals surface area contributed by atoms with Gasteiger partial charge in [-0.15, -0.1) is 0 Å². The van der Waals surface area contributed by atoms with Crippen molar-refractivity contribution in [3.8, 4) is 16.9 Å². The summed E-state index contributed by atoms with van der Waals surface area (Å²) in [6.45, 7) is 4.71. The van der Waals surface area contributed by atoms with Crippen LogP contribution in [0.15, 0.2) is 42.5 Å². The molecule has 0 atom stereocenters. The van der Waals surface area contributed by atoms with Gasteiger partial charge in [-0.3, -0.25) is 0 Å². The molecule has 0 aliphatic rings. The van der Waals surface area contributed by atoms with E-state index in [0.717, 1.165) is 28.9 Å². The topological polar surface area (TPSA) is 46.5 Å². The van der Waals surface area contributed by atoms with Gasteiger partial charge in [0.15, 0.2) is 0 Å². The minimum absolute atomic E-state index is 0.314. The van der Waals surface area contributed by atoms with Crippen LogP contribution in [-0.4, -0.2) is 17.7 Å². The minimum Gasteiger partial charge on any atom is -0.494 e. The smallest absolute Gasteiger partial charge is 0.335 e. The monoisotopic (exact) mass is 270 g/mol. The van der Waals surface area contributed by atoms with E-state index in [4.69, 9.17) is 9.84 Å². The molecule has 0 heterocycles. The lowest BCUT2D eigenvalue weighted by atomic mass is 9.98. The van der Waals surface area contributed by atoms with Gasteiger partial charge in [-0.05, 0) is 54.3 Å². The predicted molar refractivity (Wildman–Crippen MR) is 79.4 cm³/mol. The lowest BCUT2D eigenvalue weighted by Gasteiger charge is -2.09. The van der Waals surface area contributed by atoms with Crippen molar-refractivity contribution >= 4 is 5.97 Å². The molecule has 3 heteroatoms. The standard InChI is InChI=1S/C17H18O3/c1-3-10-20-15-7-4-13(5-8-15)16-9-6-14(17(18)19)11-12(16)2/h4-9,11H,3,10H2,1-2H3,(H,18,19). The molecule has 0 saturated heterocycles. The van der Waals surface area contributed by atoms with Crippen molar-refractivity contribution in [1.82, 2.24) is 0 Å². The molecule has 0 radical (unpaired) electrons. The van der Waals surface area contributed by atoms with Gasteiger partial charge in [-0.1, -0.05) is 25.1 Å². The van der Waals surface area contributed by atoms with Gasteiger partial charge < -0.3 is 9.84 Å². The maximum absolute atomic E-state index is 10.9. The van der Waals surface area contributed by atoms with Crippen LogP contribution >= 0.6 is 0 Å². The number of benzene rings is 2. The molecular formula is C17H18O3. The Morgan fingerprint density at radius 2 is 1.85 bits per heavy atom. The Bertz CT molecular complexity index is 600. The van der Waals surface area contributed by atoms with E-state index >= 15 is 0 Å². The van der Waals surface area contributed by atoms with E-state index in [2.05, 4.69) is 6.92 Å². The zero-order valence-corrected chi connectivity index (χ0v) is 11.7. The largest absolute Gasteiger partial charge is 0.494 e. The van der Waals surface area contributed by atoms with E-state index in [1.54, 1.807) is 12.1 Å². The van der Waals surface area contributed by atoms with Gasteiger partial charge in [0.2, 0.25) is 0 Å². The van der Waals surface area contributed by atoms with E-state index in [1.807, 2.05) is 37.3 Å². The van der Waals surface area contributed by atoms with Crippen LogP contribution in [0.4, 0.5) is 0 Å². The Balaban J connectivity index is 2.25. The number of ether oxygens (including phenoxy) is 1. The minimum atomic E-state index is -0.900. The summed E-state index contributed by atoms with van der Waals surface area (Å²) in [5, 5.41) is 8.97. The number of aromatic carboxylic acids is 1. The first-order valence-corrected chi connectivity index (χ1v) is 6.69. The van der Waals surface area contributed by atoms with Crippen LogP contribution in [0.25, 0.3) is 11.1 Å². The summed E-state index contributed by atoms with van der Waals surface area (Å²) in [6.07, 6.45) is 0.984. The zero-order chi connectivity index (χ0) is 14.5. The first kappa shape index (κ1) is 14.1. The van der Waals surface area contributed by atoms with Gasteiger partial charge in [0.05, 0.1) is 12.2 Å². The van der Waals surface area contributed by atoms with E-state index in [0.29, 0.717) is 12.2 Å². The number of hydrogen-bond acceptors (Lipinski definition) is 2. The number of carboxylic acid groups (broad SMARTS) is 1. The first-order valence-electron chi connectivity index (χ1n) is 6.69. The summed E-state index contributed by atoms with van der Waals surface area (Å²) in [4.78, 5) is 10.9. The van der Waals surface area contributed by atoms with Gasteiger partial charge in [0, 0.05) is 0 Å². The van der Waals surface area contributed by atoms with Gasteiger partial charge in [0.1, 0.15) is 5.75 Å². The predicted octanol–water partition coefficient (Wildman–Crippen LogP) is 4.15. The van der Waals surface area contributed by atoms with Gasteiger partial charge in [-0.25, -0.2) is 4.79 Å². The summed E-state index contributed by atoms with van der Waals surface area (Å²) < 4.78 is 5.55. The number of carbonyl (C=O) groups is 1. The third kappa shape index (κ3) is 3.18. The molecule has 0 aromatic heterocycles. The molecule has 0 bridgehead atoms. The molecule has 1 N–H and O–H groups in total.